The van der Waals surface area contributed by atoms with E-state index in [1.165, 1.54) is 13.3 Å². The van der Waals surface area contributed by atoms with Crippen LogP contribution in [0.15, 0.2) is 47.6 Å². The number of hydrazone groups is 1. The molecule has 0 aromatic heterocycles. The molecule has 7 nitrogen and oxygen atoms in total. The highest BCUT2D eigenvalue weighted by atomic mass is 32.1. The second kappa shape index (κ2) is 9.38. The fourth-order valence-electron chi connectivity index (χ4n) is 2.10. The van der Waals surface area contributed by atoms with Gasteiger partial charge in [0.05, 0.1) is 13.3 Å². The number of thiocarbonyl (C=S) groups is 1. The molecule has 0 radical (unpaired) electrons. The summed E-state index contributed by atoms with van der Waals surface area (Å²) in [5.74, 6) is 0.674. The van der Waals surface area contributed by atoms with Gasteiger partial charge in [-0.1, -0.05) is 18.2 Å². The van der Waals surface area contributed by atoms with Crippen LogP contribution in [0, 0.1) is 6.92 Å². The fourth-order valence-corrected chi connectivity index (χ4v) is 2.15. The highest BCUT2D eigenvalue weighted by Gasteiger charge is 2.09. The van der Waals surface area contributed by atoms with Gasteiger partial charge in [0.15, 0.2) is 23.2 Å². The van der Waals surface area contributed by atoms with E-state index in [0.29, 0.717) is 11.5 Å². The quantitative estimate of drug-likeness (QED) is 0.392. The van der Waals surface area contributed by atoms with Crippen molar-refractivity contribution in [1.82, 2.24) is 5.43 Å². The number of carbonyl (C=O) groups is 1. The first-order valence-corrected chi connectivity index (χ1v) is 8.15. The molecule has 0 saturated carbocycles. The number of benzene rings is 2. The van der Waals surface area contributed by atoms with Gasteiger partial charge in [-0.2, -0.15) is 5.10 Å². The summed E-state index contributed by atoms with van der Waals surface area (Å²) in [4.78, 5) is 12.1. The number of anilines is 1. The Labute approximate surface area is 157 Å². The van der Waals surface area contributed by atoms with Crippen LogP contribution in [-0.2, 0) is 4.79 Å². The van der Waals surface area contributed by atoms with Crippen molar-refractivity contribution < 1.29 is 14.3 Å². The number of methoxy groups -OCH3 is 1. The maximum Gasteiger partial charge on any atom is 0.262 e. The van der Waals surface area contributed by atoms with Crippen molar-refractivity contribution in [3.63, 3.8) is 0 Å². The van der Waals surface area contributed by atoms with Crippen molar-refractivity contribution in [2.45, 2.75) is 6.92 Å². The van der Waals surface area contributed by atoms with Gasteiger partial charge in [0.25, 0.3) is 5.91 Å². The van der Waals surface area contributed by atoms with Gasteiger partial charge in [0, 0.05) is 5.69 Å². The summed E-state index contributed by atoms with van der Waals surface area (Å²) in [6.07, 6.45) is 1.54. The molecule has 1 amide bonds. The molecule has 0 fully saturated rings. The number of hydrogen-bond acceptors (Lipinski definition) is 5. The molecular formula is C18H20N4O3S. The Morgan fingerprint density at radius 1 is 1.27 bits per heavy atom. The highest BCUT2D eigenvalue weighted by Crippen LogP contribution is 2.27. The molecule has 0 atom stereocenters. The average Bonchev–Trinajstić information content (AvgIpc) is 2.62. The largest absolute Gasteiger partial charge is 0.493 e. The van der Waals surface area contributed by atoms with Gasteiger partial charge >= 0.3 is 0 Å². The Balaban J connectivity index is 1.98. The van der Waals surface area contributed by atoms with Crippen LogP contribution in [0.5, 0.6) is 11.5 Å². The molecule has 0 aliphatic heterocycles. The monoisotopic (exact) mass is 372 g/mol. The summed E-state index contributed by atoms with van der Waals surface area (Å²) < 4.78 is 10.9. The van der Waals surface area contributed by atoms with E-state index in [1.807, 2.05) is 31.2 Å². The van der Waals surface area contributed by atoms with Crippen molar-refractivity contribution in [3.05, 3.63) is 53.6 Å². The highest BCUT2D eigenvalue weighted by molar-refractivity contribution is 7.80. The Kier molecular flexibility index (Phi) is 6.92. The van der Waals surface area contributed by atoms with Gasteiger partial charge in [-0.05, 0) is 54.5 Å². The molecule has 0 saturated heterocycles. The average molecular weight is 372 g/mol. The van der Waals surface area contributed by atoms with E-state index in [0.717, 1.165) is 16.8 Å². The van der Waals surface area contributed by atoms with Gasteiger partial charge in [-0.3, -0.25) is 10.2 Å². The summed E-state index contributed by atoms with van der Waals surface area (Å²) in [6.45, 7) is 1.78. The van der Waals surface area contributed by atoms with E-state index >= 15 is 0 Å². The maximum atomic E-state index is 12.1. The second-order valence-electron chi connectivity index (χ2n) is 5.30. The van der Waals surface area contributed by atoms with Crippen LogP contribution in [0.25, 0.3) is 0 Å². The van der Waals surface area contributed by atoms with E-state index in [-0.39, 0.29) is 17.6 Å². The molecule has 0 aliphatic rings. The van der Waals surface area contributed by atoms with Crippen LogP contribution in [0.3, 0.4) is 0 Å². The normalized spacial score (nSPS) is 10.4. The van der Waals surface area contributed by atoms with Crippen LogP contribution >= 0.6 is 12.2 Å². The zero-order valence-electron chi connectivity index (χ0n) is 14.5. The molecule has 0 spiro atoms. The number of hydrogen-bond donors (Lipinski definition) is 3. The predicted molar refractivity (Wildman–Crippen MR) is 106 cm³/mol. The zero-order chi connectivity index (χ0) is 18.9. The van der Waals surface area contributed by atoms with Crippen LogP contribution in [0.4, 0.5) is 5.69 Å². The van der Waals surface area contributed by atoms with Crippen LogP contribution < -0.4 is 25.9 Å². The molecule has 8 heteroatoms. The minimum Gasteiger partial charge on any atom is -0.493 e. The van der Waals surface area contributed by atoms with Crippen molar-refractivity contribution >= 4 is 35.1 Å². The Bertz CT molecular complexity index is 824. The van der Waals surface area contributed by atoms with E-state index < -0.39 is 0 Å². The van der Waals surface area contributed by atoms with E-state index in [2.05, 4.69) is 28.1 Å². The molecule has 26 heavy (non-hydrogen) atoms. The van der Waals surface area contributed by atoms with Crippen molar-refractivity contribution in [1.29, 1.82) is 0 Å². The van der Waals surface area contributed by atoms with Crippen molar-refractivity contribution in [2.24, 2.45) is 10.8 Å². The summed E-state index contributed by atoms with van der Waals surface area (Å²) in [5, 5.41) is 6.76. The summed E-state index contributed by atoms with van der Waals surface area (Å²) >= 11 is 4.66. The molecule has 2 rings (SSSR count). The summed E-state index contributed by atoms with van der Waals surface area (Å²) in [6, 6.07) is 12.7. The third-order valence-electron chi connectivity index (χ3n) is 3.35. The molecule has 0 bridgehead atoms. The molecule has 2 aromatic rings. The zero-order valence-corrected chi connectivity index (χ0v) is 15.3. The lowest BCUT2D eigenvalue weighted by molar-refractivity contribution is -0.118. The topological polar surface area (TPSA) is 98.0 Å². The van der Waals surface area contributed by atoms with Gasteiger partial charge in [0.1, 0.15) is 0 Å². The molecule has 0 heterocycles. The maximum absolute atomic E-state index is 12.1. The number of rotatable bonds is 7. The first-order valence-electron chi connectivity index (χ1n) is 7.74. The molecule has 4 N–H and O–H groups in total. The fraction of sp³-hybridized carbons (Fsp3) is 0.167. The van der Waals surface area contributed by atoms with Crippen molar-refractivity contribution in [2.75, 3.05) is 19.0 Å². The van der Waals surface area contributed by atoms with Crippen LogP contribution in [-0.4, -0.2) is 31.0 Å². The number of nitrogens with zero attached hydrogens (tertiary/aromatic N) is 1. The number of nitrogens with one attached hydrogen (secondary N) is 2. The molecule has 0 unspecified atom stereocenters. The van der Waals surface area contributed by atoms with Crippen LogP contribution in [0.1, 0.15) is 11.1 Å². The third kappa shape index (κ3) is 5.75. The minimum atomic E-state index is -0.257. The third-order valence-corrected chi connectivity index (χ3v) is 3.45. The Morgan fingerprint density at radius 2 is 2.04 bits per heavy atom. The first kappa shape index (κ1) is 19.2. The number of ether oxygens (including phenoxy) is 2. The summed E-state index contributed by atoms with van der Waals surface area (Å²) in [7, 11) is 1.52. The van der Waals surface area contributed by atoms with Gasteiger partial charge in [0.2, 0.25) is 0 Å². The SMILES string of the molecule is COc1cc(C=NNC(N)=S)ccc1OCC(=O)Nc1ccccc1C. The van der Waals surface area contributed by atoms with Gasteiger partial charge in [-0.15, -0.1) is 0 Å². The molecule has 0 aliphatic carbocycles. The standard InChI is InChI=1S/C18H20N4O3S/c1-12-5-3-4-6-14(12)21-17(23)11-25-15-8-7-13(9-16(15)24-2)10-20-22-18(19)26/h3-10H,11H2,1-2H3,(H,21,23)(H3,19,22,26). The number of amides is 1. The first-order chi connectivity index (χ1) is 12.5. The lowest BCUT2D eigenvalue weighted by atomic mass is 10.2. The second-order valence-corrected chi connectivity index (χ2v) is 5.74. The molecule has 2 aromatic carbocycles. The smallest absolute Gasteiger partial charge is 0.262 e. The van der Waals surface area contributed by atoms with Crippen molar-refractivity contribution in [3.8, 4) is 11.5 Å². The van der Waals surface area contributed by atoms with E-state index in [4.69, 9.17) is 15.2 Å². The lowest BCUT2D eigenvalue weighted by Gasteiger charge is -2.12. The minimum absolute atomic E-state index is 0.0767. The molecular weight excluding hydrogens is 352 g/mol. The Morgan fingerprint density at radius 3 is 2.73 bits per heavy atom. The number of aryl methyl sites for hydroxylation is 1. The molecule has 136 valence electrons. The van der Waals surface area contributed by atoms with E-state index in [9.17, 15) is 4.79 Å². The lowest BCUT2D eigenvalue weighted by Crippen LogP contribution is -2.24. The number of para-hydroxylation sites is 1. The van der Waals surface area contributed by atoms with Crippen LogP contribution in [0.2, 0.25) is 0 Å². The number of nitrogens with two attached hydrogens (primary N) is 1. The summed E-state index contributed by atoms with van der Waals surface area (Å²) in [5.41, 5.74) is 10.2. The predicted octanol–water partition coefficient (Wildman–Crippen LogP) is 2.19. The Hall–Kier alpha value is -3.13. The number of carbonyl (C=O) groups excluding carboxylic acids is 1. The van der Waals surface area contributed by atoms with E-state index in [1.54, 1.807) is 18.2 Å². The van der Waals surface area contributed by atoms with Gasteiger partial charge in [-0.25, -0.2) is 0 Å². The van der Waals surface area contributed by atoms with Gasteiger partial charge < -0.3 is 20.5 Å².